The van der Waals surface area contributed by atoms with E-state index in [0.717, 1.165) is 66.4 Å². The Kier molecular flexibility index (Phi) is 4.40. The molecule has 1 saturated heterocycles. The van der Waals surface area contributed by atoms with Crippen molar-refractivity contribution in [3.8, 4) is 11.1 Å². The van der Waals surface area contributed by atoms with E-state index in [9.17, 15) is 0 Å². The molecule has 3 heterocycles. The Morgan fingerprint density at radius 2 is 2.12 bits per heavy atom. The lowest BCUT2D eigenvalue weighted by Crippen LogP contribution is -2.20. The molecule has 5 heteroatoms. The van der Waals surface area contributed by atoms with Crippen LogP contribution in [0.1, 0.15) is 31.2 Å². The summed E-state index contributed by atoms with van der Waals surface area (Å²) in [7, 11) is 0. The van der Waals surface area contributed by atoms with E-state index in [1.54, 1.807) is 0 Å². The zero-order valence-electron chi connectivity index (χ0n) is 14.8. The quantitative estimate of drug-likeness (QED) is 0.769. The lowest BCUT2D eigenvalue weighted by molar-refractivity contribution is 0.120. The van der Waals surface area contributed by atoms with Gasteiger partial charge in [-0.2, -0.15) is 9.61 Å². The molecule has 1 atom stereocenters. The molecule has 1 fully saturated rings. The number of benzene rings is 1. The van der Waals surface area contributed by atoms with E-state index >= 15 is 0 Å². The number of aromatic nitrogens is 3. The predicted octanol–water partition coefficient (Wildman–Crippen LogP) is 3.86. The second-order valence-electron chi connectivity index (χ2n) is 6.58. The maximum absolute atomic E-state index is 5.73. The zero-order valence-corrected chi connectivity index (χ0v) is 14.8. The van der Waals surface area contributed by atoms with Crippen molar-refractivity contribution >= 4 is 11.5 Å². The molecule has 25 heavy (non-hydrogen) atoms. The minimum absolute atomic E-state index is 0.290. The van der Waals surface area contributed by atoms with Crippen LogP contribution < -0.4 is 5.32 Å². The molecule has 0 aliphatic carbocycles. The second-order valence-corrected chi connectivity index (χ2v) is 6.58. The molecule has 0 spiro atoms. The van der Waals surface area contributed by atoms with Crippen molar-refractivity contribution in [2.75, 3.05) is 18.5 Å². The third-order valence-corrected chi connectivity index (χ3v) is 4.72. The molecular formula is C20H24N4O. The van der Waals surface area contributed by atoms with Gasteiger partial charge in [-0.25, -0.2) is 4.98 Å². The SMILES string of the molecule is CCc1nn2c(NCC3CCCO3)cc(C)nc2c1-c1ccccc1. The molecule has 0 amide bonds. The summed E-state index contributed by atoms with van der Waals surface area (Å²) in [6.45, 7) is 5.85. The summed E-state index contributed by atoms with van der Waals surface area (Å²) in [5, 5.41) is 8.37. The smallest absolute Gasteiger partial charge is 0.165 e. The van der Waals surface area contributed by atoms with Gasteiger partial charge in [-0.3, -0.25) is 0 Å². The Morgan fingerprint density at radius 1 is 1.28 bits per heavy atom. The molecule has 0 bridgehead atoms. The number of rotatable bonds is 5. The van der Waals surface area contributed by atoms with Crippen LogP contribution in [0.3, 0.4) is 0 Å². The Morgan fingerprint density at radius 3 is 2.84 bits per heavy atom. The monoisotopic (exact) mass is 336 g/mol. The minimum Gasteiger partial charge on any atom is -0.376 e. The Labute approximate surface area is 148 Å². The van der Waals surface area contributed by atoms with E-state index < -0.39 is 0 Å². The molecule has 3 aromatic rings. The van der Waals surface area contributed by atoms with Gasteiger partial charge in [0.1, 0.15) is 5.82 Å². The van der Waals surface area contributed by atoms with Crippen molar-refractivity contribution < 1.29 is 4.74 Å². The van der Waals surface area contributed by atoms with Crippen LogP contribution in [-0.2, 0) is 11.2 Å². The summed E-state index contributed by atoms with van der Waals surface area (Å²) in [4.78, 5) is 4.79. The molecule has 4 rings (SSSR count). The van der Waals surface area contributed by atoms with E-state index in [4.69, 9.17) is 14.8 Å². The van der Waals surface area contributed by atoms with Crippen molar-refractivity contribution in [3.05, 3.63) is 47.8 Å². The molecule has 1 unspecified atom stereocenters. The van der Waals surface area contributed by atoms with Crippen molar-refractivity contribution in [3.63, 3.8) is 0 Å². The van der Waals surface area contributed by atoms with Crippen LogP contribution in [0.15, 0.2) is 36.4 Å². The van der Waals surface area contributed by atoms with Gasteiger partial charge in [0, 0.05) is 30.5 Å². The molecule has 1 aliphatic heterocycles. The minimum atomic E-state index is 0.290. The zero-order chi connectivity index (χ0) is 17.2. The first kappa shape index (κ1) is 16.1. The van der Waals surface area contributed by atoms with Crippen molar-refractivity contribution in [1.29, 1.82) is 0 Å². The number of ether oxygens (including phenoxy) is 1. The van der Waals surface area contributed by atoms with Crippen molar-refractivity contribution in [1.82, 2.24) is 14.6 Å². The molecule has 5 nitrogen and oxygen atoms in total. The lowest BCUT2D eigenvalue weighted by atomic mass is 10.0. The number of hydrogen-bond acceptors (Lipinski definition) is 4. The van der Waals surface area contributed by atoms with Gasteiger partial charge in [-0.15, -0.1) is 0 Å². The lowest BCUT2D eigenvalue weighted by Gasteiger charge is -2.13. The molecule has 130 valence electrons. The fourth-order valence-corrected chi connectivity index (χ4v) is 3.48. The van der Waals surface area contributed by atoms with E-state index in [0.29, 0.717) is 6.10 Å². The number of anilines is 1. The third kappa shape index (κ3) is 3.12. The molecule has 1 aliphatic rings. The first-order chi connectivity index (χ1) is 12.3. The van der Waals surface area contributed by atoms with Crippen LogP contribution >= 0.6 is 0 Å². The van der Waals surface area contributed by atoms with E-state index in [-0.39, 0.29) is 0 Å². The molecule has 0 radical (unpaired) electrons. The van der Waals surface area contributed by atoms with Gasteiger partial charge < -0.3 is 10.1 Å². The van der Waals surface area contributed by atoms with Crippen LogP contribution in [-0.4, -0.2) is 33.9 Å². The first-order valence-corrected chi connectivity index (χ1v) is 9.06. The summed E-state index contributed by atoms with van der Waals surface area (Å²) in [5.41, 5.74) is 5.27. The standard InChI is InChI=1S/C20H24N4O/c1-3-17-19(15-8-5-4-6-9-15)20-22-14(2)12-18(24(20)23-17)21-13-16-10-7-11-25-16/h4-6,8-9,12,16,21H,3,7,10-11,13H2,1-2H3. The molecule has 1 N–H and O–H groups in total. The van der Waals surface area contributed by atoms with Crippen LogP contribution in [0.25, 0.3) is 16.8 Å². The average Bonchev–Trinajstić information content (AvgIpc) is 3.27. The number of nitrogens with one attached hydrogen (secondary N) is 1. The molecular weight excluding hydrogens is 312 g/mol. The number of hydrogen-bond donors (Lipinski definition) is 1. The molecule has 2 aromatic heterocycles. The number of fused-ring (bicyclic) bond motifs is 1. The van der Waals surface area contributed by atoms with Gasteiger partial charge in [0.05, 0.1) is 11.8 Å². The summed E-state index contributed by atoms with van der Waals surface area (Å²) < 4.78 is 7.68. The van der Waals surface area contributed by atoms with Crippen LogP contribution in [0.5, 0.6) is 0 Å². The van der Waals surface area contributed by atoms with E-state index in [1.165, 1.54) is 0 Å². The maximum Gasteiger partial charge on any atom is 0.165 e. The van der Waals surface area contributed by atoms with Crippen LogP contribution in [0.4, 0.5) is 5.82 Å². The summed E-state index contributed by atoms with van der Waals surface area (Å²) in [6, 6.07) is 12.5. The van der Waals surface area contributed by atoms with Crippen molar-refractivity contribution in [2.24, 2.45) is 0 Å². The third-order valence-electron chi connectivity index (χ3n) is 4.72. The van der Waals surface area contributed by atoms with Gasteiger partial charge in [0.15, 0.2) is 5.65 Å². The van der Waals surface area contributed by atoms with E-state index in [1.807, 2.05) is 17.5 Å². The summed E-state index contributed by atoms with van der Waals surface area (Å²) in [5.74, 6) is 0.981. The Balaban J connectivity index is 1.78. The van der Waals surface area contributed by atoms with Gasteiger partial charge in [0.25, 0.3) is 0 Å². The molecule has 0 saturated carbocycles. The second kappa shape index (κ2) is 6.84. The van der Waals surface area contributed by atoms with Crippen LogP contribution in [0, 0.1) is 6.92 Å². The Hall–Kier alpha value is -2.40. The maximum atomic E-state index is 5.73. The van der Waals surface area contributed by atoms with Gasteiger partial charge in [-0.1, -0.05) is 37.3 Å². The van der Waals surface area contributed by atoms with Gasteiger partial charge in [-0.05, 0) is 31.7 Å². The highest BCUT2D eigenvalue weighted by Gasteiger charge is 2.19. The Bertz CT molecular complexity index is 866. The number of nitrogens with zero attached hydrogens (tertiary/aromatic N) is 3. The highest BCUT2D eigenvalue weighted by Crippen LogP contribution is 2.30. The molecule has 1 aromatic carbocycles. The topological polar surface area (TPSA) is 51.5 Å². The summed E-state index contributed by atoms with van der Waals surface area (Å²) in [6.07, 6.45) is 3.43. The number of aryl methyl sites for hydroxylation is 2. The average molecular weight is 336 g/mol. The highest BCUT2D eigenvalue weighted by atomic mass is 16.5. The predicted molar refractivity (Wildman–Crippen MR) is 100 cm³/mol. The van der Waals surface area contributed by atoms with Gasteiger partial charge >= 0.3 is 0 Å². The fourth-order valence-electron chi connectivity index (χ4n) is 3.48. The first-order valence-electron chi connectivity index (χ1n) is 9.06. The normalized spacial score (nSPS) is 17.3. The fraction of sp³-hybridized carbons (Fsp3) is 0.400. The summed E-state index contributed by atoms with van der Waals surface area (Å²) >= 11 is 0. The largest absolute Gasteiger partial charge is 0.376 e. The van der Waals surface area contributed by atoms with E-state index in [2.05, 4.69) is 42.6 Å². The van der Waals surface area contributed by atoms with Gasteiger partial charge in [0.2, 0.25) is 0 Å². The van der Waals surface area contributed by atoms with Crippen molar-refractivity contribution in [2.45, 2.75) is 39.2 Å². The highest BCUT2D eigenvalue weighted by molar-refractivity contribution is 5.81. The van der Waals surface area contributed by atoms with Crippen LogP contribution in [0.2, 0.25) is 0 Å².